The summed E-state index contributed by atoms with van der Waals surface area (Å²) in [6.07, 6.45) is 2.16. The normalized spacial score (nSPS) is 10.5. The van der Waals surface area contributed by atoms with E-state index in [0.29, 0.717) is 0 Å². The van der Waals surface area contributed by atoms with E-state index in [9.17, 15) is 0 Å². The van der Waals surface area contributed by atoms with Gasteiger partial charge < -0.3 is 10.6 Å². The molecule has 0 atom stereocenters. The van der Waals surface area contributed by atoms with Gasteiger partial charge in [-0.05, 0) is 56.0 Å². The van der Waals surface area contributed by atoms with Crippen LogP contribution in [-0.4, -0.2) is 13.1 Å². The number of aryl methyl sites for hydroxylation is 2. The average Bonchev–Trinajstić information content (AvgIpc) is 2.45. The van der Waals surface area contributed by atoms with Crippen LogP contribution in [-0.2, 0) is 6.42 Å². The summed E-state index contributed by atoms with van der Waals surface area (Å²) in [6, 6.07) is 16.9. The first kappa shape index (κ1) is 14.4. The number of nitrogen functional groups attached to an aromatic ring is 1. The van der Waals surface area contributed by atoms with Crippen molar-refractivity contribution >= 4 is 11.4 Å². The summed E-state index contributed by atoms with van der Waals surface area (Å²) >= 11 is 0. The Labute approximate surface area is 122 Å². The Bertz CT molecular complexity index is 549. The Kier molecular flexibility index (Phi) is 5.05. The largest absolute Gasteiger partial charge is 0.399 e. The first-order valence-electron chi connectivity index (χ1n) is 7.35. The number of hydrogen-bond acceptors (Lipinski definition) is 2. The van der Waals surface area contributed by atoms with Gasteiger partial charge in [-0.15, -0.1) is 0 Å². The number of nitrogens with zero attached hydrogens (tertiary/aromatic N) is 1. The van der Waals surface area contributed by atoms with Crippen molar-refractivity contribution in [3.05, 3.63) is 59.7 Å². The molecule has 0 bridgehead atoms. The van der Waals surface area contributed by atoms with Gasteiger partial charge in [-0.2, -0.15) is 0 Å². The summed E-state index contributed by atoms with van der Waals surface area (Å²) in [7, 11) is 0. The fourth-order valence-corrected chi connectivity index (χ4v) is 2.52. The number of rotatable bonds is 6. The quantitative estimate of drug-likeness (QED) is 0.801. The second-order valence-corrected chi connectivity index (χ2v) is 5.22. The van der Waals surface area contributed by atoms with Crippen molar-refractivity contribution < 1.29 is 0 Å². The van der Waals surface area contributed by atoms with Crippen molar-refractivity contribution in [1.82, 2.24) is 0 Å². The lowest BCUT2D eigenvalue weighted by molar-refractivity contribution is 0.747. The van der Waals surface area contributed by atoms with Gasteiger partial charge in [0.25, 0.3) is 0 Å². The summed E-state index contributed by atoms with van der Waals surface area (Å²) < 4.78 is 0. The molecule has 2 nitrogen and oxygen atoms in total. The Morgan fingerprint density at radius 1 is 1.05 bits per heavy atom. The molecule has 2 heteroatoms. The molecule has 0 aromatic heterocycles. The molecule has 0 radical (unpaired) electrons. The molecule has 106 valence electrons. The first-order valence-corrected chi connectivity index (χ1v) is 7.35. The molecule has 2 rings (SSSR count). The fraction of sp³-hybridized carbons (Fsp3) is 0.333. The molecule has 0 spiro atoms. The van der Waals surface area contributed by atoms with Crippen molar-refractivity contribution in [2.24, 2.45) is 0 Å². The summed E-state index contributed by atoms with van der Waals surface area (Å²) in [5, 5.41) is 0. The van der Waals surface area contributed by atoms with Crippen molar-refractivity contribution in [3.8, 4) is 0 Å². The minimum Gasteiger partial charge on any atom is -0.399 e. The zero-order valence-electron chi connectivity index (χ0n) is 12.5. The van der Waals surface area contributed by atoms with Crippen molar-refractivity contribution in [2.75, 3.05) is 23.7 Å². The highest BCUT2D eigenvalue weighted by Gasteiger charge is 2.05. The van der Waals surface area contributed by atoms with Crippen molar-refractivity contribution in [2.45, 2.75) is 26.7 Å². The van der Waals surface area contributed by atoms with E-state index in [4.69, 9.17) is 5.73 Å². The topological polar surface area (TPSA) is 29.3 Å². The number of nitrogens with two attached hydrogens (primary N) is 1. The smallest absolute Gasteiger partial charge is 0.0368 e. The van der Waals surface area contributed by atoms with Gasteiger partial charge in [0.05, 0.1) is 0 Å². The van der Waals surface area contributed by atoms with Crippen LogP contribution in [0.4, 0.5) is 11.4 Å². The van der Waals surface area contributed by atoms with Gasteiger partial charge in [0, 0.05) is 24.5 Å². The molecule has 0 saturated heterocycles. The fourth-order valence-electron chi connectivity index (χ4n) is 2.52. The highest BCUT2D eigenvalue weighted by Crippen LogP contribution is 2.18. The number of benzene rings is 2. The highest BCUT2D eigenvalue weighted by atomic mass is 15.1. The van der Waals surface area contributed by atoms with E-state index in [-0.39, 0.29) is 0 Å². The maximum atomic E-state index is 5.99. The third-order valence-electron chi connectivity index (χ3n) is 3.68. The van der Waals surface area contributed by atoms with E-state index >= 15 is 0 Å². The summed E-state index contributed by atoms with van der Waals surface area (Å²) in [6.45, 7) is 6.45. The van der Waals surface area contributed by atoms with Crippen molar-refractivity contribution in [3.63, 3.8) is 0 Å². The monoisotopic (exact) mass is 268 g/mol. The number of anilines is 2. The molecular weight excluding hydrogens is 244 g/mol. The van der Waals surface area contributed by atoms with Crippen LogP contribution in [0.2, 0.25) is 0 Å². The van der Waals surface area contributed by atoms with Crippen LogP contribution in [0, 0.1) is 6.92 Å². The van der Waals surface area contributed by atoms with E-state index in [1.165, 1.54) is 16.8 Å². The van der Waals surface area contributed by atoms with Crippen LogP contribution < -0.4 is 10.6 Å². The van der Waals surface area contributed by atoms with Gasteiger partial charge in [-0.1, -0.05) is 30.3 Å². The lowest BCUT2D eigenvalue weighted by Crippen LogP contribution is -2.24. The molecule has 2 N–H and O–H groups in total. The molecule has 0 heterocycles. The Balaban J connectivity index is 1.93. The van der Waals surface area contributed by atoms with Crippen LogP contribution in [0.1, 0.15) is 24.5 Å². The molecular formula is C18H24N2. The zero-order valence-corrected chi connectivity index (χ0v) is 12.5. The number of para-hydroxylation sites is 1. The minimum absolute atomic E-state index is 0.908. The number of hydrogen-bond donors (Lipinski definition) is 1. The molecule has 0 amide bonds. The van der Waals surface area contributed by atoms with Crippen LogP contribution in [0.5, 0.6) is 0 Å². The first-order chi connectivity index (χ1) is 9.70. The van der Waals surface area contributed by atoms with Gasteiger partial charge >= 0.3 is 0 Å². The SMILES string of the molecule is CCN(CCCc1ccccc1N)c1cccc(C)c1. The van der Waals surface area contributed by atoms with Gasteiger partial charge in [-0.3, -0.25) is 0 Å². The van der Waals surface area contributed by atoms with E-state index in [0.717, 1.165) is 31.6 Å². The average molecular weight is 268 g/mol. The minimum atomic E-state index is 0.908. The van der Waals surface area contributed by atoms with E-state index in [1.54, 1.807) is 0 Å². The molecule has 20 heavy (non-hydrogen) atoms. The highest BCUT2D eigenvalue weighted by molar-refractivity contribution is 5.49. The van der Waals surface area contributed by atoms with Crippen molar-refractivity contribution in [1.29, 1.82) is 0 Å². The van der Waals surface area contributed by atoms with Crippen LogP contribution in [0.15, 0.2) is 48.5 Å². The van der Waals surface area contributed by atoms with E-state index in [1.807, 2.05) is 12.1 Å². The Hall–Kier alpha value is -1.96. The molecule has 0 saturated carbocycles. The summed E-state index contributed by atoms with van der Waals surface area (Å²) in [5.41, 5.74) is 10.8. The van der Waals surface area contributed by atoms with Gasteiger partial charge in [-0.25, -0.2) is 0 Å². The van der Waals surface area contributed by atoms with Gasteiger partial charge in [0.2, 0.25) is 0 Å². The standard InChI is InChI=1S/C18H24N2/c1-3-20(17-11-6-8-15(2)14-17)13-7-10-16-9-4-5-12-18(16)19/h4-6,8-9,11-12,14H,3,7,10,13,19H2,1-2H3. The second kappa shape index (κ2) is 6.99. The summed E-state index contributed by atoms with van der Waals surface area (Å²) in [4.78, 5) is 2.42. The van der Waals surface area contributed by atoms with Crippen LogP contribution >= 0.6 is 0 Å². The molecule has 0 aliphatic carbocycles. The third-order valence-corrected chi connectivity index (χ3v) is 3.68. The third kappa shape index (κ3) is 3.77. The molecule has 2 aromatic rings. The molecule has 0 fully saturated rings. The van der Waals surface area contributed by atoms with Gasteiger partial charge in [0.15, 0.2) is 0 Å². The predicted octanol–water partition coefficient (Wildman–Crippen LogP) is 4.04. The van der Waals surface area contributed by atoms with E-state index in [2.05, 4.69) is 55.1 Å². The molecule has 0 unspecified atom stereocenters. The molecule has 0 aliphatic heterocycles. The Morgan fingerprint density at radius 2 is 1.85 bits per heavy atom. The maximum Gasteiger partial charge on any atom is 0.0368 e. The van der Waals surface area contributed by atoms with Crippen LogP contribution in [0.25, 0.3) is 0 Å². The molecule has 0 aliphatic rings. The second-order valence-electron chi connectivity index (χ2n) is 5.22. The van der Waals surface area contributed by atoms with Gasteiger partial charge in [0.1, 0.15) is 0 Å². The zero-order chi connectivity index (χ0) is 14.4. The maximum absolute atomic E-state index is 5.99. The Morgan fingerprint density at radius 3 is 2.55 bits per heavy atom. The summed E-state index contributed by atoms with van der Waals surface area (Å²) in [5.74, 6) is 0. The lowest BCUT2D eigenvalue weighted by atomic mass is 10.1. The van der Waals surface area contributed by atoms with E-state index < -0.39 is 0 Å². The van der Waals surface area contributed by atoms with Crippen LogP contribution in [0.3, 0.4) is 0 Å². The molecule has 2 aromatic carbocycles. The predicted molar refractivity (Wildman–Crippen MR) is 88.2 cm³/mol. The lowest BCUT2D eigenvalue weighted by Gasteiger charge is -2.23.